The maximum atomic E-state index is 12.1. The fourth-order valence-electron chi connectivity index (χ4n) is 1.92. The molecule has 9 nitrogen and oxygen atoms in total. The van der Waals surface area contributed by atoms with Crippen molar-refractivity contribution in [3.05, 3.63) is 30.3 Å². The van der Waals surface area contributed by atoms with Crippen LogP contribution in [0.5, 0.6) is 0 Å². The largest absolute Gasteiger partial charge is 0.454 e. The van der Waals surface area contributed by atoms with Crippen LogP contribution in [-0.2, 0) is 14.3 Å². The van der Waals surface area contributed by atoms with E-state index in [-0.39, 0.29) is 5.92 Å². The van der Waals surface area contributed by atoms with Crippen molar-refractivity contribution in [1.29, 1.82) is 0 Å². The summed E-state index contributed by atoms with van der Waals surface area (Å²) in [5, 5.41) is 9.50. The van der Waals surface area contributed by atoms with Gasteiger partial charge in [-0.25, -0.2) is 14.4 Å². The lowest BCUT2D eigenvalue weighted by molar-refractivity contribution is -0.151. The van der Waals surface area contributed by atoms with Gasteiger partial charge in [0.2, 0.25) is 0 Å². The highest BCUT2D eigenvalue weighted by Crippen LogP contribution is 2.07. The highest BCUT2D eigenvalue weighted by molar-refractivity contribution is 5.96. The Morgan fingerprint density at radius 2 is 1.69 bits per heavy atom. The molecule has 0 aliphatic carbocycles. The highest BCUT2D eigenvalue weighted by atomic mass is 16.5. The molecule has 1 aromatic rings. The van der Waals surface area contributed by atoms with Gasteiger partial charge in [-0.1, -0.05) is 32.0 Å². The lowest BCUT2D eigenvalue weighted by Crippen LogP contribution is -2.48. The average Bonchev–Trinajstić information content (AvgIpc) is 2.58. The van der Waals surface area contributed by atoms with Gasteiger partial charge in [-0.3, -0.25) is 10.1 Å². The van der Waals surface area contributed by atoms with Gasteiger partial charge in [-0.2, -0.15) is 0 Å². The third kappa shape index (κ3) is 7.65. The van der Waals surface area contributed by atoms with E-state index in [1.807, 2.05) is 11.4 Å². The maximum Gasteiger partial charge on any atom is 0.329 e. The number of imide groups is 1. The number of benzene rings is 1. The number of nitrogens with one attached hydrogen (secondary N) is 4. The molecule has 0 unspecified atom stereocenters. The van der Waals surface area contributed by atoms with Crippen molar-refractivity contribution in [3.63, 3.8) is 0 Å². The van der Waals surface area contributed by atoms with E-state index in [4.69, 9.17) is 4.74 Å². The lowest BCUT2D eigenvalue weighted by atomic mass is 10.1. The summed E-state index contributed by atoms with van der Waals surface area (Å²) >= 11 is 0. The summed E-state index contributed by atoms with van der Waals surface area (Å²) in [5.74, 6) is -1.80. The zero-order valence-electron chi connectivity index (χ0n) is 15.0. The van der Waals surface area contributed by atoms with Crippen molar-refractivity contribution in [2.75, 3.05) is 18.5 Å². The molecular weight excluding hydrogens is 340 g/mol. The molecule has 1 rings (SSSR count). The summed E-state index contributed by atoms with van der Waals surface area (Å²) in [6.45, 7) is 4.88. The molecule has 0 aliphatic rings. The summed E-state index contributed by atoms with van der Waals surface area (Å²) in [6.07, 6.45) is 0. The summed E-state index contributed by atoms with van der Waals surface area (Å²) in [7, 11) is 0. The summed E-state index contributed by atoms with van der Waals surface area (Å²) in [5.41, 5.74) is 0.571. The number of rotatable bonds is 7. The molecule has 0 spiro atoms. The van der Waals surface area contributed by atoms with E-state index in [1.165, 1.54) is 0 Å². The number of ether oxygens (including phenoxy) is 1. The van der Waals surface area contributed by atoms with Gasteiger partial charge in [0.1, 0.15) is 6.04 Å². The van der Waals surface area contributed by atoms with Crippen molar-refractivity contribution in [2.45, 2.75) is 26.8 Å². The first-order valence-corrected chi connectivity index (χ1v) is 8.20. The van der Waals surface area contributed by atoms with Crippen molar-refractivity contribution >= 4 is 29.6 Å². The normalized spacial score (nSPS) is 11.2. The second kappa shape index (κ2) is 10.7. The van der Waals surface area contributed by atoms with Gasteiger partial charge in [-0.05, 0) is 25.0 Å². The Morgan fingerprint density at radius 1 is 1.04 bits per heavy atom. The highest BCUT2D eigenvalue weighted by Gasteiger charge is 2.26. The van der Waals surface area contributed by atoms with Crippen LogP contribution in [0.3, 0.4) is 0 Å². The molecule has 0 saturated carbocycles. The Morgan fingerprint density at radius 3 is 2.27 bits per heavy atom. The van der Waals surface area contributed by atoms with Gasteiger partial charge in [0.05, 0.1) is 0 Å². The summed E-state index contributed by atoms with van der Waals surface area (Å²) < 4.78 is 4.88. The lowest BCUT2D eigenvalue weighted by Gasteiger charge is -2.21. The molecule has 0 radical (unpaired) electrons. The number of carbonyl (C=O) groups is 4. The molecule has 4 N–H and O–H groups in total. The molecule has 1 aromatic carbocycles. The number of hydrogen-bond acceptors (Lipinski definition) is 5. The van der Waals surface area contributed by atoms with Crippen LogP contribution in [0.1, 0.15) is 20.8 Å². The molecule has 0 saturated heterocycles. The van der Waals surface area contributed by atoms with Crippen LogP contribution in [0.4, 0.5) is 15.3 Å². The fourth-order valence-corrected chi connectivity index (χ4v) is 1.92. The van der Waals surface area contributed by atoms with Crippen LogP contribution < -0.4 is 21.3 Å². The fraction of sp³-hybridized carbons (Fsp3) is 0.412. The molecule has 0 aromatic heterocycles. The number of urea groups is 2. The predicted octanol–water partition coefficient (Wildman–Crippen LogP) is 1.22. The zero-order valence-corrected chi connectivity index (χ0v) is 15.0. The molecule has 0 aliphatic heterocycles. The standard InChI is InChI=1S/C17H24N4O5/c1-4-18-16(24)20-13(22)10-26-15(23)14(11(2)3)21-17(25)19-12-8-6-5-7-9-12/h5-9,11,14H,4,10H2,1-3H3,(H2,19,21,25)(H2,18,20,22,24)/t14-/m1/s1. The van der Waals surface area contributed by atoms with E-state index >= 15 is 0 Å². The second-order valence-electron chi connectivity index (χ2n) is 5.70. The molecule has 26 heavy (non-hydrogen) atoms. The van der Waals surface area contributed by atoms with Crippen molar-refractivity contribution in [1.82, 2.24) is 16.0 Å². The van der Waals surface area contributed by atoms with Crippen LogP contribution in [0.2, 0.25) is 0 Å². The Hall–Kier alpha value is -3.10. The predicted molar refractivity (Wildman–Crippen MR) is 95.4 cm³/mol. The Labute approximate surface area is 151 Å². The smallest absolute Gasteiger partial charge is 0.329 e. The van der Waals surface area contributed by atoms with Crippen LogP contribution in [0.25, 0.3) is 0 Å². The minimum Gasteiger partial charge on any atom is -0.454 e. The van der Waals surface area contributed by atoms with Gasteiger partial charge in [-0.15, -0.1) is 0 Å². The molecule has 0 fully saturated rings. The first-order chi connectivity index (χ1) is 12.3. The van der Waals surface area contributed by atoms with E-state index in [0.29, 0.717) is 12.2 Å². The summed E-state index contributed by atoms with van der Waals surface area (Å²) in [4.78, 5) is 46.9. The van der Waals surface area contributed by atoms with Crippen LogP contribution in [-0.4, -0.2) is 43.1 Å². The Kier molecular flexibility index (Phi) is 8.62. The molecule has 1 atom stereocenters. The third-order valence-corrected chi connectivity index (χ3v) is 3.17. The summed E-state index contributed by atoms with van der Waals surface area (Å²) in [6, 6.07) is 6.54. The van der Waals surface area contributed by atoms with E-state index in [1.54, 1.807) is 45.0 Å². The first kappa shape index (κ1) is 20.9. The maximum absolute atomic E-state index is 12.1. The number of esters is 1. The molecule has 142 valence electrons. The minimum absolute atomic E-state index is 0.268. The van der Waals surface area contributed by atoms with E-state index < -0.39 is 36.6 Å². The van der Waals surface area contributed by atoms with E-state index in [2.05, 4.69) is 16.0 Å². The molecule has 5 amide bonds. The van der Waals surface area contributed by atoms with E-state index in [9.17, 15) is 19.2 Å². The first-order valence-electron chi connectivity index (χ1n) is 8.20. The molecule has 0 heterocycles. The number of para-hydroxylation sites is 1. The molecule has 0 bridgehead atoms. The quantitative estimate of drug-likeness (QED) is 0.541. The average molecular weight is 364 g/mol. The second-order valence-corrected chi connectivity index (χ2v) is 5.70. The molecule has 9 heteroatoms. The Bertz CT molecular complexity index is 633. The topological polar surface area (TPSA) is 126 Å². The number of hydrogen-bond donors (Lipinski definition) is 4. The van der Waals surface area contributed by atoms with Crippen LogP contribution in [0, 0.1) is 5.92 Å². The van der Waals surface area contributed by atoms with Gasteiger partial charge in [0.25, 0.3) is 5.91 Å². The number of anilines is 1. The van der Waals surface area contributed by atoms with Crippen LogP contribution in [0.15, 0.2) is 30.3 Å². The van der Waals surface area contributed by atoms with Gasteiger partial charge in [0, 0.05) is 12.2 Å². The molecular formula is C17H24N4O5. The SMILES string of the molecule is CCNC(=O)NC(=O)COC(=O)[C@H](NC(=O)Nc1ccccc1)C(C)C. The third-order valence-electron chi connectivity index (χ3n) is 3.17. The number of amides is 5. The van der Waals surface area contributed by atoms with Crippen molar-refractivity contribution in [3.8, 4) is 0 Å². The minimum atomic E-state index is -0.948. The van der Waals surface area contributed by atoms with Crippen molar-refractivity contribution < 1.29 is 23.9 Å². The van der Waals surface area contributed by atoms with Gasteiger partial charge in [0.15, 0.2) is 6.61 Å². The van der Waals surface area contributed by atoms with Crippen LogP contribution >= 0.6 is 0 Å². The van der Waals surface area contributed by atoms with E-state index in [0.717, 1.165) is 0 Å². The zero-order chi connectivity index (χ0) is 19.5. The monoisotopic (exact) mass is 364 g/mol. The van der Waals surface area contributed by atoms with Gasteiger partial charge >= 0.3 is 18.0 Å². The Balaban J connectivity index is 2.52. The van der Waals surface area contributed by atoms with Gasteiger partial charge < -0.3 is 20.7 Å². The number of carbonyl (C=O) groups excluding carboxylic acids is 4. The van der Waals surface area contributed by atoms with Crippen molar-refractivity contribution in [2.24, 2.45) is 5.92 Å².